The van der Waals surface area contributed by atoms with Crippen molar-refractivity contribution in [2.75, 3.05) is 0 Å². The van der Waals surface area contributed by atoms with Gasteiger partial charge in [0.05, 0.1) is 11.3 Å². The van der Waals surface area contributed by atoms with Gasteiger partial charge in [-0.3, -0.25) is 0 Å². The van der Waals surface area contributed by atoms with Crippen LogP contribution in [0.2, 0.25) is 0 Å². The van der Waals surface area contributed by atoms with Gasteiger partial charge in [0.2, 0.25) is 0 Å². The highest BCUT2D eigenvalue weighted by Crippen LogP contribution is 2.30. The Morgan fingerprint density at radius 1 is 1.11 bits per heavy atom. The van der Waals surface area contributed by atoms with Crippen molar-refractivity contribution >= 4 is 10.9 Å². The molecule has 0 fully saturated rings. The third-order valence-electron chi connectivity index (χ3n) is 3.34. The molecule has 96 valence electrons. The summed E-state index contributed by atoms with van der Waals surface area (Å²) in [6.45, 7) is 4.31. The lowest BCUT2D eigenvalue weighted by molar-refractivity contribution is -0.604. The molecular formula is C16H16N2O. The van der Waals surface area contributed by atoms with Crippen LogP contribution in [0.5, 0.6) is 0 Å². The van der Waals surface area contributed by atoms with Gasteiger partial charge in [-0.25, -0.2) is 0 Å². The van der Waals surface area contributed by atoms with Crippen molar-refractivity contribution in [3.8, 4) is 11.3 Å². The predicted octanol–water partition coefficient (Wildman–Crippen LogP) is 3.52. The lowest BCUT2D eigenvalue weighted by atomic mass is 10.2. The van der Waals surface area contributed by atoms with E-state index in [4.69, 9.17) is 0 Å². The van der Waals surface area contributed by atoms with Crippen molar-refractivity contribution in [2.45, 2.75) is 19.9 Å². The first-order valence-electron chi connectivity index (χ1n) is 6.46. The quantitative estimate of drug-likeness (QED) is 0.507. The van der Waals surface area contributed by atoms with E-state index in [-0.39, 0.29) is 0 Å². The second-order valence-electron chi connectivity index (χ2n) is 5.00. The van der Waals surface area contributed by atoms with Gasteiger partial charge in [-0.2, -0.15) is 4.73 Å². The normalized spacial score (nSPS) is 11.3. The van der Waals surface area contributed by atoms with Crippen LogP contribution in [0.1, 0.15) is 19.9 Å². The molecule has 0 atom stereocenters. The van der Waals surface area contributed by atoms with E-state index in [1.807, 2.05) is 18.2 Å². The number of nitrogens with zero attached hydrogens (tertiary/aromatic N) is 2. The lowest BCUT2D eigenvalue weighted by Gasteiger charge is -2.14. The summed E-state index contributed by atoms with van der Waals surface area (Å²) in [6.07, 6.45) is 3.12. The molecule has 3 heteroatoms. The van der Waals surface area contributed by atoms with Crippen molar-refractivity contribution in [3.05, 3.63) is 60.1 Å². The van der Waals surface area contributed by atoms with Crippen LogP contribution in [0.15, 0.2) is 54.9 Å². The predicted molar refractivity (Wildman–Crippen MR) is 76.7 cm³/mol. The zero-order chi connectivity index (χ0) is 13.4. The van der Waals surface area contributed by atoms with E-state index in [1.165, 1.54) is 17.1 Å². The maximum Gasteiger partial charge on any atom is 0.189 e. The van der Waals surface area contributed by atoms with Crippen molar-refractivity contribution in [1.82, 2.24) is 4.57 Å². The van der Waals surface area contributed by atoms with Crippen molar-refractivity contribution < 1.29 is 4.73 Å². The van der Waals surface area contributed by atoms with Crippen LogP contribution in [0.25, 0.3) is 22.2 Å². The Morgan fingerprint density at radius 3 is 2.63 bits per heavy atom. The summed E-state index contributed by atoms with van der Waals surface area (Å²) in [5.74, 6) is 0. The molecule has 0 spiro atoms. The van der Waals surface area contributed by atoms with Gasteiger partial charge in [-0.05, 0) is 32.0 Å². The second kappa shape index (κ2) is 4.43. The summed E-state index contributed by atoms with van der Waals surface area (Å²) in [5, 5.41) is 12.7. The molecule has 0 aliphatic heterocycles. The molecule has 1 aromatic carbocycles. The second-order valence-corrected chi connectivity index (χ2v) is 5.00. The molecule has 0 amide bonds. The van der Waals surface area contributed by atoms with Crippen molar-refractivity contribution in [2.24, 2.45) is 0 Å². The Balaban J connectivity index is 2.31. The van der Waals surface area contributed by atoms with Gasteiger partial charge >= 0.3 is 0 Å². The molecule has 0 bridgehead atoms. The number of rotatable bonds is 2. The molecule has 2 aromatic heterocycles. The number of hydrogen-bond acceptors (Lipinski definition) is 1. The standard InChI is InChI=1S/C16H16N2O/c1-12(2)18-15-8-4-3-6-13(15)10-16(18)14-7-5-9-17(19)11-14/h3-12H,1-2H3. The van der Waals surface area contributed by atoms with Gasteiger partial charge < -0.3 is 9.77 Å². The van der Waals surface area contributed by atoms with Gasteiger partial charge in [0.1, 0.15) is 0 Å². The van der Waals surface area contributed by atoms with Crippen LogP contribution < -0.4 is 4.73 Å². The Hall–Kier alpha value is -2.29. The zero-order valence-corrected chi connectivity index (χ0v) is 11.1. The van der Waals surface area contributed by atoms with Crippen LogP contribution in [0.3, 0.4) is 0 Å². The highest BCUT2D eigenvalue weighted by atomic mass is 16.5. The van der Waals surface area contributed by atoms with Crippen LogP contribution in [0, 0.1) is 5.21 Å². The number of aromatic nitrogens is 2. The van der Waals surface area contributed by atoms with Crippen molar-refractivity contribution in [1.29, 1.82) is 0 Å². The summed E-state index contributed by atoms with van der Waals surface area (Å²) >= 11 is 0. The molecule has 0 N–H and O–H groups in total. The third-order valence-corrected chi connectivity index (χ3v) is 3.34. The summed E-state index contributed by atoms with van der Waals surface area (Å²) < 4.78 is 3.11. The highest BCUT2D eigenvalue weighted by molar-refractivity contribution is 5.87. The first-order valence-corrected chi connectivity index (χ1v) is 6.46. The number of benzene rings is 1. The molecule has 3 aromatic rings. The molecule has 0 radical (unpaired) electrons. The van der Waals surface area contributed by atoms with Crippen LogP contribution in [-0.4, -0.2) is 4.57 Å². The van der Waals surface area contributed by atoms with Gasteiger partial charge in [-0.15, -0.1) is 0 Å². The van der Waals surface area contributed by atoms with Crippen LogP contribution in [0.4, 0.5) is 0 Å². The minimum Gasteiger partial charge on any atom is -0.619 e. The van der Waals surface area contributed by atoms with E-state index in [2.05, 4.69) is 36.6 Å². The zero-order valence-electron chi connectivity index (χ0n) is 11.1. The Kier molecular flexibility index (Phi) is 2.75. The maximum atomic E-state index is 11.5. The Labute approximate surface area is 112 Å². The van der Waals surface area contributed by atoms with Crippen LogP contribution in [-0.2, 0) is 0 Å². The Bertz CT molecular complexity index is 728. The molecular weight excluding hydrogens is 236 g/mol. The van der Waals surface area contributed by atoms with E-state index >= 15 is 0 Å². The summed E-state index contributed by atoms with van der Waals surface area (Å²) in [6, 6.07) is 14.5. The highest BCUT2D eigenvalue weighted by Gasteiger charge is 2.14. The number of fused-ring (bicyclic) bond motifs is 1. The molecule has 0 saturated heterocycles. The van der Waals surface area contributed by atoms with E-state index in [0.29, 0.717) is 6.04 Å². The minimum absolute atomic E-state index is 0.343. The SMILES string of the molecule is CC(C)n1c(-c2ccc[n+]([O-])c2)cc2ccccc21. The average Bonchev–Trinajstić information content (AvgIpc) is 2.78. The van der Waals surface area contributed by atoms with Gasteiger partial charge in [-0.1, -0.05) is 18.2 Å². The fraction of sp³-hybridized carbons (Fsp3) is 0.188. The lowest BCUT2D eigenvalue weighted by Crippen LogP contribution is -2.24. The molecule has 0 aliphatic rings. The van der Waals surface area contributed by atoms with Crippen LogP contribution >= 0.6 is 0 Å². The summed E-state index contributed by atoms with van der Waals surface area (Å²) in [7, 11) is 0. The number of para-hydroxylation sites is 1. The first kappa shape index (κ1) is 11.8. The summed E-state index contributed by atoms with van der Waals surface area (Å²) in [4.78, 5) is 0. The fourth-order valence-electron chi connectivity index (χ4n) is 2.56. The largest absolute Gasteiger partial charge is 0.619 e. The topological polar surface area (TPSA) is 31.9 Å². The molecule has 3 rings (SSSR count). The monoisotopic (exact) mass is 252 g/mol. The Morgan fingerprint density at radius 2 is 1.89 bits per heavy atom. The molecule has 0 saturated carbocycles. The molecule has 0 aliphatic carbocycles. The fourth-order valence-corrected chi connectivity index (χ4v) is 2.56. The summed E-state index contributed by atoms with van der Waals surface area (Å²) in [5.41, 5.74) is 3.23. The molecule has 19 heavy (non-hydrogen) atoms. The number of hydrogen-bond donors (Lipinski definition) is 0. The molecule has 0 unspecified atom stereocenters. The van der Waals surface area contributed by atoms with Gasteiger partial charge in [0, 0.05) is 23.0 Å². The average molecular weight is 252 g/mol. The van der Waals surface area contributed by atoms with Gasteiger partial charge in [0.25, 0.3) is 0 Å². The van der Waals surface area contributed by atoms with E-state index in [1.54, 1.807) is 12.3 Å². The maximum absolute atomic E-state index is 11.5. The van der Waals surface area contributed by atoms with E-state index < -0.39 is 0 Å². The third kappa shape index (κ3) is 1.97. The molecule has 2 heterocycles. The molecule has 3 nitrogen and oxygen atoms in total. The van der Waals surface area contributed by atoms with E-state index in [9.17, 15) is 5.21 Å². The van der Waals surface area contributed by atoms with Crippen molar-refractivity contribution in [3.63, 3.8) is 0 Å². The van der Waals surface area contributed by atoms with E-state index in [0.717, 1.165) is 16.0 Å². The first-order chi connectivity index (χ1) is 9.16. The number of pyridine rings is 1. The smallest absolute Gasteiger partial charge is 0.189 e. The minimum atomic E-state index is 0.343. The van der Waals surface area contributed by atoms with Gasteiger partial charge in [0.15, 0.2) is 12.4 Å².